The number of nitrogens with zero attached hydrogens (tertiary/aromatic N) is 3. The van der Waals surface area contributed by atoms with E-state index in [2.05, 4.69) is 11.9 Å². The van der Waals surface area contributed by atoms with Crippen LogP contribution in [-0.4, -0.2) is 42.0 Å². The number of piperidine rings is 2. The average molecular weight is 390 g/mol. The molecule has 0 radical (unpaired) electrons. The van der Waals surface area contributed by atoms with Crippen LogP contribution in [0.25, 0.3) is 10.9 Å². The highest BCUT2D eigenvalue weighted by Crippen LogP contribution is 2.32. The molecule has 1 aromatic heterocycles. The Labute approximate surface area is 164 Å². The van der Waals surface area contributed by atoms with Crippen molar-refractivity contribution in [1.29, 1.82) is 0 Å². The summed E-state index contributed by atoms with van der Waals surface area (Å²) in [4.78, 5) is 21.0. The molecule has 4 rings (SSSR count). The van der Waals surface area contributed by atoms with Crippen molar-refractivity contribution in [2.75, 3.05) is 31.1 Å². The van der Waals surface area contributed by atoms with Crippen LogP contribution in [0.1, 0.15) is 32.6 Å². The molecule has 6 heteroatoms. The van der Waals surface area contributed by atoms with Crippen molar-refractivity contribution in [2.24, 2.45) is 11.8 Å². The van der Waals surface area contributed by atoms with E-state index in [1.165, 1.54) is 6.20 Å². The van der Waals surface area contributed by atoms with E-state index in [0.29, 0.717) is 40.6 Å². The van der Waals surface area contributed by atoms with Crippen LogP contribution in [0.15, 0.2) is 24.4 Å². The number of amides is 1. The lowest BCUT2D eigenvalue weighted by Gasteiger charge is -2.37. The lowest BCUT2D eigenvalue weighted by molar-refractivity contribution is -0.137. The van der Waals surface area contributed by atoms with Crippen molar-refractivity contribution in [3.05, 3.63) is 35.2 Å². The smallest absolute Gasteiger partial charge is 0.225 e. The maximum Gasteiger partial charge on any atom is 0.225 e. The SMILES string of the molecule is CC1CCN(C(=O)C2CCN(c3ccc4c(Cl)ccnc4c3F)CC2)CC1. The van der Waals surface area contributed by atoms with Crippen LogP contribution >= 0.6 is 11.6 Å². The highest BCUT2D eigenvalue weighted by molar-refractivity contribution is 6.35. The Hall–Kier alpha value is -1.88. The third-order valence-electron chi connectivity index (χ3n) is 6.06. The summed E-state index contributed by atoms with van der Waals surface area (Å²) in [5, 5.41) is 1.13. The lowest BCUT2D eigenvalue weighted by atomic mass is 9.92. The quantitative estimate of drug-likeness (QED) is 0.758. The van der Waals surface area contributed by atoms with Crippen molar-refractivity contribution >= 4 is 34.1 Å². The van der Waals surface area contributed by atoms with Crippen LogP contribution < -0.4 is 4.90 Å². The Balaban J connectivity index is 1.44. The maximum absolute atomic E-state index is 15.0. The Morgan fingerprint density at radius 2 is 1.81 bits per heavy atom. The van der Waals surface area contributed by atoms with Gasteiger partial charge in [-0.05, 0) is 49.8 Å². The molecule has 1 aromatic carbocycles. The largest absolute Gasteiger partial charge is 0.369 e. The molecule has 0 spiro atoms. The molecule has 144 valence electrons. The van der Waals surface area contributed by atoms with E-state index in [0.717, 1.165) is 38.8 Å². The number of carbonyl (C=O) groups excluding carboxylic acids is 1. The first-order valence-electron chi connectivity index (χ1n) is 9.81. The summed E-state index contributed by atoms with van der Waals surface area (Å²) in [5.74, 6) is 0.735. The Morgan fingerprint density at radius 3 is 2.52 bits per heavy atom. The fourth-order valence-electron chi connectivity index (χ4n) is 4.24. The van der Waals surface area contributed by atoms with E-state index in [-0.39, 0.29) is 17.6 Å². The van der Waals surface area contributed by atoms with Crippen LogP contribution in [0, 0.1) is 17.7 Å². The number of carbonyl (C=O) groups is 1. The monoisotopic (exact) mass is 389 g/mol. The second-order valence-electron chi connectivity index (χ2n) is 7.86. The molecule has 3 heterocycles. The second kappa shape index (κ2) is 7.63. The minimum atomic E-state index is -0.329. The van der Waals surface area contributed by atoms with E-state index in [1.807, 2.05) is 15.9 Å². The lowest BCUT2D eigenvalue weighted by Crippen LogP contribution is -2.45. The molecule has 0 atom stereocenters. The third-order valence-corrected chi connectivity index (χ3v) is 6.39. The molecule has 2 aliphatic rings. The minimum absolute atomic E-state index is 0.0609. The first-order chi connectivity index (χ1) is 13.0. The molecule has 2 saturated heterocycles. The summed E-state index contributed by atoms with van der Waals surface area (Å²) in [6.07, 6.45) is 5.27. The Morgan fingerprint density at radius 1 is 1.11 bits per heavy atom. The summed E-state index contributed by atoms with van der Waals surface area (Å²) in [6.45, 7) is 5.38. The number of fused-ring (bicyclic) bond motifs is 1. The van der Waals surface area contributed by atoms with Crippen LogP contribution in [0.4, 0.5) is 10.1 Å². The predicted molar refractivity (Wildman–Crippen MR) is 107 cm³/mol. The van der Waals surface area contributed by atoms with Gasteiger partial charge < -0.3 is 9.80 Å². The van der Waals surface area contributed by atoms with Gasteiger partial charge in [-0.3, -0.25) is 9.78 Å². The highest BCUT2D eigenvalue weighted by atomic mass is 35.5. The molecule has 1 amide bonds. The zero-order valence-electron chi connectivity index (χ0n) is 15.6. The first-order valence-corrected chi connectivity index (χ1v) is 10.2. The van der Waals surface area contributed by atoms with E-state index >= 15 is 0 Å². The minimum Gasteiger partial charge on any atom is -0.369 e. The van der Waals surface area contributed by atoms with Crippen molar-refractivity contribution in [2.45, 2.75) is 32.6 Å². The van der Waals surface area contributed by atoms with Crippen molar-refractivity contribution in [1.82, 2.24) is 9.88 Å². The summed E-state index contributed by atoms with van der Waals surface area (Å²) in [5.41, 5.74) is 0.857. The molecule has 0 aliphatic carbocycles. The summed E-state index contributed by atoms with van der Waals surface area (Å²) in [7, 11) is 0. The van der Waals surface area contributed by atoms with Gasteiger partial charge in [0, 0.05) is 43.7 Å². The van der Waals surface area contributed by atoms with Crippen LogP contribution in [0.3, 0.4) is 0 Å². The summed E-state index contributed by atoms with van der Waals surface area (Å²) >= 11 is 6.14. The van der Waals surface area contributed by atoms with Gasteiger partial charge in [0.15, 0.2) is 5.82 Å². The molecule has 0 saturated carbocycles. The number of hydrogen-bond acceptors (Lipinski definition) is 3. The number of pyridine rings is 1. The van der Waals surface area contributed by atoms with Gasteiger partial charge in [-0.1, -0.05) is 18.5 Å². The number of aromatic nitrogens is 1. The van der Waals surface area contributed by atoms with Gasteiger partial charge in [-0.15, -0.1) is 0 Å². The number of anilines is 1. The van der Waals surface area contributed by atoms with Crippen molar-refractivity contribution in [3.63, 3.8) is 0 Å². The first kappa shape index (κ1) is 18.5. The molecule has 2 aliphatic heterocycles. The van der Waals surface area contributed by atoms with Crippen molar-refractivity contribution in [3.8, 4) is 0 Å². The third kappa shape index (κ3) is 3.62. The molecular weight excluding hydrogens is 365 g/mol. The maximum atomic E-state index is 15.0. The average Bonchev–Trinajstić information content (AvgIpc) is 2.69. The molecule has 4 nitrogen and oxygen atoms in total. The summed E-state index contributed by atoms with van der Waals surface area (Å²) < 4.78 is 15.0. The van der Waals surface area contributed by atoms with Crippen LogP contribution in [0.2, 0.25) is 5.02 Å². The normalized spacial score (nSPS) is 19.7. The zero-order valence-corrected chi connectivity index (χ0v) is 16.4. The Bertz CT molecular complexity index is 843. The molecule has 27 heavy (non-hydrogen) atoms. The standard InChI is InChI=1S/C21H25ClFN3O/c1-14-5-10-26(11-6-14)21(27)15-7-12-25(13-8-15)18-3-2-16-17(22)4-9-24-20(16)19(18)23/h2-4,9,14-15H,5-8,10-13H2,1H3. The number of halogens is 2. The second-order valence-corrected chi connectivity index (χ2v) is 8.26. The highest BCUT2D eigenvalue weighted by Gasteiger charge is 2.31. The van der Waals surface area contributed by atoms with E-state index in [4.69, 9.17) is 11.6 Å². The van der Waals surface area contributed by atoms with Gasteiger partial charge in [0.05, 0.1) is 10.7 Å². The van der Waals surface area contributed by atoms with Gasteiger partial charge in [-0.2, -0.15) is 0 Å². The molecule has 0 bridgehead atoms. The molecule has 2 aromatic rings. The van der Waals surface area contributed by atoms with Gasteiger partial charge >= 0.3 is 0 Å². The molecule has 0 unspecified atom stereocenters. The van der Waals surface area contributed by atoms with Gasteiger partial charge in [-0.25, -0.2) is 4.39 Å². The van der Waals surface area contributed by atoms with E-state index in [1.54, 1.807) is 12.1 Å². The van der Waals surface area contributed by atoms with E-state index < -0.39 is 0 Å². The van der Waals surface area contributed by atoms with E-state index in [9.17, 15) is 9.18 Å². The number of likely N-dealkylation sites (tertiary alicyclic amines) is 1. The molecular formula is C21H25ClFN3O. The van der Waals surface area contributed by atoms with Gasteiger partial charge in [0.25, 0.3) is 0 Å². The fourth-order valence-corrected chi connectivity index (χ4v) is 4.45. The topological polar surface area (TPSA) is 36.4 Å². The number of benzene rings is 1. The van der Waals surface area contributed by atoms with Crippen LogP contribution in [-0.2, 0) is 4.79 Å². The van der Waals surface area contributed by atoms with Crippen molar-refractivity contribution < 1.29 is 9.18 Å². The number of rotatable bonds is 2. The fraction of sp³-hybridized carbons (Fsp3) is 0.524. The molecule has 2 fully saturated rings. The Kier molecular flexibility index (Phi) is 5.22. The number of hydrogen-bond donors (Lipinski definition) is 0. The van der Waals surface area contributed by atoms with Gasteiger partial charge in [0.1, 0.15) is 5.52 Å². The summed E-state index contributed by atoms with van der Waals surface area (Å²) in [6, 6.07) is 5.27. The van der Waals surface area contributed by atoms with Crippen LogP contribution in [0.5, 0.6) is 0 Å². The molecule has 0 N–H and O–H groups in total. The predicted octanol–water partition coefficient (Wildman–Crippen LogP) is 4.50. The van der Waals surface area contributed by atoms with Gasteiger partial charge in [0.2, 0.25) is 5.91 Å². The zero-order chi connectivity index (χ0) is 19.0.